The summed E-state index contributed by atoms with van der Waals surface area (Å²) in [5.41, 5.74) is 1.01. The maximum absolute atomic E-state index is 11.5. The molecule has 0 fully saturated rings. The summed E-state index contributed by atoms with van der Waals surface area (Å²) in [5.74, 6) is 0. The van der Waals surface area contributed by atoms with Crippen LogP contribution in [-0.2, 0) is 21.0 Å². The van der Waals surface area contributed by atoms with Gasteiger partial charge >= 0.3 is 5.30 Å². The molecule has 0 aliphatic carbocycles. The molecule has 1 rings (SSSR count). The van der Waals surface area contributed by atoms with Crippen molar-refractivity contribution in [1.29, 1.82) is 0 Å². The standard InChI is InChI=1S/C10H12O4S/c1-3-8-4-6-9(7-5-8)15(12,13)10(11)14-2/h4-7H,3H2,1-2H3. The highest BCUT2D eigenvalue weighted by atomic mass is 32.2. The van der Waals surface area contributed by atoms with Crippen LogP contribution in [0, 0.1) is 0 Å². The van der Waals surface area contributed by atoms with Gasteiger partial charge in [-0.05, 0) is 24.1 Å². The molecule has 4 nitrogen and oxygen atoms in total. The Balaban J connectivity index is 3.12. The minimum Gasteiger partial charge on any atom is -0.457 e. The molecule has 0 aliphatic rings. The van der Waals surface area contributed by atoms with Crippen molar-refractivity contribution in [2.24, 2.45) is 0 Å². The van der Waals surface area contributed by atoms with E-state index < -0.39 is 15.1 Å². The van der Waals surface area contributed by atoms with E-state index in [2.05, 4.69) is 4.74 Å². The second-order valence-corrected chi connectivity index (χ2v) is 4.77. The third-order valence-corrected chi connectivity index (χ3v) is 3.53. The van der Waals surface area contributed by atoms with Crippen LogP contribution in [0.3, 0.4) is 0 Å². The highest BCUT2D eigenvalue weighted by Gasteiger charge is 2.25. The summed E-state index contributed by atoms with van der Waals surface area (Å²) in [5, 5.41) is -1.23. The van der Waals surface area contributed by atoms with Gasteiger partial charge in [0, 0.05) is 0 Å². The molecule has 0 spiro atoms. The number of hydrogen-bond donors (Lipinski definition) is 0. The van der Waals surface area contributed by atoms with E-state index in [-0.39, 0.29) is 4.90 Å². The van der Waals surface area contributed by atoms with Crippen molar-refractivity contribution in [3.63, 3.8) is 0 Å². The summed E-state index contributed by atoms with van der Waals surface area (Å²) in [6, 6.07) is 6.17. The molecule has 1 aromatic carbocycles. The lowest BCUT2D eigenvalue weighted by molar-refractivity contribution is 0.197. The Hall–Kier alpha value is -1.36. The van der Waals surface area contributed by atoms with Gasteiger partial charge in [-0.3, -0.25) is 0 Å². The average molecular weight is 228 g/mol. The molecule has 82 valence electrons. The summed E-state index contributed by atoms with van der Waals surface area (Å²) in [6.07, 6.45) is 0.818. The van der Waals surface area contributed by atoms with Crippen LogP contribution in [-0.4, -0.2) is 20.8 Å². The molecule has 0 aromatic heterocycles. The molecule has 0 saturated heterocycles. The van der Waals surface area contributed by atoms with Gasteiger partial charge in [0.1, 0.15) is 0 Å². The van der Waals surface area contributed by atoms with Gasteiger partial charge in [0.25, 0.3) is 9.84 Å². The Morgan fingerprint density at radius 3 is 2.20 bits per heavy atom. The van der Waals surface area contributed by atoms with Gasteiger partial charge in [0.05, 0.1) is 12.0 Å². The first-order valence-electron chi connectivity index (χ1n) is 4.44. The topological polar surface area (TPSA) is 60.4 Å². The molecule has 5 heteroatoms. The Kier molecular flexibility index (Phi) is 3.47. The van der Waals surface area contributed by atoms with Gasteiger partial charge in [-0.2, -0.15) is 0 Å². The first-order chi connectivity index (χ1) is 7.02. The normalized spacial score (nSPS) is 11.1. The molecule has 1 aromatic rings. The van der Waals surface area contributed by atoms with Crippen LogP contribution in [0.15, 0.2) is 29.2 Å². The van der Waals surface area contributed by atoms with Gasteiger partial charge in [-0.15, -0.1) is 0 Å². The predicted molar refractivity (Wildman–Crippen MR) is 55.4 cm³/mol. The number of sulfone groups is 1. The Morgan fingerprint density at radius 2 is 1.80 bits per heavy atom. The molecule has 0 aliphatic heterocycles. The van der Waals surface area contributed by atoms with Crippen molar-refractivity contribution in [2.45, 2.75) is 18.2 Å². The van der Waals surface area contributed by atoms with Crippen molar-refractivity contribution < 1.29 is 17.9 Å². The van der Waals surface area contributed by atoms with Crippen LogP contribution in [0.1, 0.15) is 12.5 Å². The summed E-state index contributed by atoms with van der Waals surface area (Å²) >= 11 is 0. The second kappa shape index (κ2) is 4.44. The molecule has 0 bridgehead atoms. The van der Waals surface area contributed by atoms with Crippen LogP contribution in [0.2, 0.25) is 0 Å². The fraction of sp³-hybridized carbons (Fsp3) is 0.300. The second-order valence-electron chi connectivity index (χ2n) is 2.96. The van der Waals surface area contributed by atoms with E-state index in [9.17, 15) is 13.2 Å². The Labute approximate surface area is 88.8 Å². The van der Waals surface area contributed by atoms with Crippen molar-refractivity contribution in [2.75, 3.05) is 7.11 Å². The number of carbonyl (C=O) groups excluding carboxylic acids is 1. The van der Waals surface area contributed by atoms with Crippen LogP contribution in [0.5, 0.6) is 0 Å². The lowest BCUT2D eigenvalue weighted by atomic mass is 10.2. The minimum absolute atomic E-state index is 0.0356. The van der Waals surface area contributed by atoms with Crippen LogP contribution >= 0.6 is 0 Å². The number of aryl methyl sites for hydroxylation is 1. The van der Waals surface area contributed by atoms with Crippen molar-refractivity contribution in [3.8, 4) is 0 Å². The Morgan fingerprint density at radius 1 is 1.27 bits per heavy atom. The number of ether oxygens (including phenoxy) is 1. The number of benzene rings is 1. The number of rotatable bonds is 2. The van der Waals surface area contributed by atoms with Gasteiger partial charge < -0.3 is 4.74 Å². The molecule has 0 saturated carbocycles. The van der Waals surface area contributed by atoms with Crippen molar-refractivity contribution >= 4 is 15.1 Å². The van der Waals surface area contributed by atoms with E-state index >= 15 is 0 Å². The lowest BCUT2D eigenvalue weighted by Crippen LogP contribution is -2.14. The van der Waals surface area contributed by atoms with Crippen molar-refractivity contribution in [3.05, 3.63) is 29.8 Å². The number of methoxy groups -OCH3 is 1. The highest BCUT2D eigenvalue weighted by Crippen LogP contribution is 2.14. The number of hydrogen-bond acceptors (Lipinski definition) is 4. The molecule has 0 amide bonds. The lowest BCUT2D eigenvalue weighted by Gasteiger charge is -2.02. The zero-order chi connectivity index (χ0) is 11.5. The molecular weight excluding hydrogens is 216 g/mol. The summed E-state index contributed by atoms with van der Waals surface area (Å²) in [6.45, 7) is 1.96. The van der Waals surface area contributed by atoms with E-state index in [1.165, 1.54) is 12.1 Å². The van der Waals surface area contributed by atoms with Crippen LogP contribution in [0.4, 0.5) is 4.79 Å². The van der Waals surface area contributed by atoms with Crippen LogP contribution in [0.25, 0.3) is 0 Å². The monoisotopic (exact) mass is 228 g/mol. The SMILES string of the molecule is CCc1ccc(S(=O)(=O)C(=O)OC)cc1. The van der Waals surface area contributed by atoms with E-state index in [1.54, 1.807) is 12.1 Å². The Bertz CT molecular complexity index is 445. The van der Waals surface area contributed by atoms with Crippen LogP contribution < -0.4 is 0 Å². The summed E-state index contributed by atoms with van der Waals surface area (Å²) in [7, 11) is -2.93. The van der Waals surface area contributed by atoms with Gasteiger partial charge in [-0.1, -0.05) is 19.1 Å². The molecule has 0 radical (unpaired) electrons. The molecule has 0 N–H and O–H groups in total. The zero-order valence-corrected chi connectivity index (χ0v) is 9.37. The first-order valence-corrected chi connectivity index (χ1v) is 5.92. The zero-order valence-electron chi connectivity index (χ0n) is 8.56. The van der Waals surface area contributed by atoms with Gasteiger partial charge in [0.15, 0.2) is 0 Å². The summed E-state index contributed by atoms with van der Waals surface area (Å²) < 4.78 is 27.2. The smallest absolute Gasteiger partial charge is 0.429 e. The predicted octanol–water partition coefficient (Wildman–Crippen LogP) is 1.79. The average Bonchev–Trinajstić information content (AvgIpc) is 2.28. The molecule has 0 atom stereocenters. The van der Waals surface area contributed by atoms with E-state index in [0.29, 0.717) is 0 Å². The van der Waals surface area contributed by atoms with Gasteiger partial charge in [0.2, 0.25) is 0 Å². The van der Waals surface area contributed by atoms with Crippen molar-refractivity contribution in [1.82, 2.24) is 0 Å². The maximum Gasteiger partial charge on any atom is 0.429 e. The third kappa shape index (κ3) is 2.36. The minimum atomic E-state index is -3.98. The maximum atomic E-state index is 11.5. The van der Waals surface area contributed by atoms with E-state index in [0.717, 1.165) is 19.1 Å². The highest BCUT2D eigenvalue weighted by molar-refractivity contribution is 8.05. The molecule has 0 unspecified atom stereocenters. The molecule has 15 heavy (non-hydrogen) atoms. The van der Waals surface area contributed by atoms with E-state index in [1.807, 2.05) is 6.92 Å². The molecular formula is C10H12O4S. The fourth-order valence-corrected chi connectivity index (χ4v) is 2.02. The fourth-order valence-electron chi connectivity index (χ4n) is 1.11. The first kappa shape index (κ1) is 11.7. The summed E-state index contributed by atoms with van der Waals surface area (Å²) in [4.78, 5) is 10.9. The van der Waals surface area contributed by atoms with E-state index in [4.69, 9.17) is 0 Å². The largest absolute Gasteiger partial charge is 0.457 e. The molecule has 0 heterocycles. The number of carbonyl (C=O) groups is 1. The third-order valence-electron chi connectivity index (χ3n) is 2.03. The van der Waals surface area contributed by atoms with Gasteiger partial charge in [-0.25, -0.2) is 13.2 Å². The quantitative estimate of drug-likeness (QED) is 0.724.